The SMILES string of the molecule is Cc1c(-c2cc3cc(NC(=O)OC4CCOCC4)ncc3c(NC(=O)OC(C)(C)C)c2F)cnc2c1N(C(=O)O)CCO2. The van der Waals surface area contributed by atoms with E-state index in [0.717, 1.165) is 4.90 Å². The minimum absolute atomic E-state index is 0.0178. The van der Waals surface area contributed by atoms with Crippen molar-refractivity contribution in [3.8, 4) is 17.0 Å². The number of carbonyl (C=O) groups is 3. The van der Waals surface area contributed by atoms with Crippen LogP contribution >= 0.6 is 0 Å². The van der Waals surface area contributed by atoms with Crippen molar-refractivity contribution in [3.63, 3.8) is 0 Å². The summed E-state index contributed by atoms with van der Waals surface area (Å²) in [7, 11) is 0. The molecule has 0 aliphatic carbocycles. The Morgan fingerprint density at radius 3 is 2.49 bits per heavy atom. The van der Waals surface area contributed by atoms with E-state index >= 15 is 4.39 Å². The Hall–Kier alpha value is -4.72. The third kappa shape index (κ3) is 6.53. The first-order chi connectivity index (χ1) is 20.4. The van der Waals surface area contributed by atoms with Gasteiger partial charge in [-0.25, -0.2) is 28.7 Å². The van der Waals surface area contributed by atoms with Crippen LogP contribution < -0.4 is 20.3 Å². The zero-order chi connectivity index (χ0) is 30.9. The molecule has 3 N–H and O–H groups in total. The third-order valence-corrected chi connectivity index (χ3v) is 6.88. The first kappa shape index (κ1) is 29.8. The Kier molecular flexibility index (Phi) is 8.22. The number of pyridine rings is 2. The summed E-state index contributed by atoms with van der Waals surface area (Å²) in [5.41, 5.74) is -0.176. The predicted octanol–water partition coefficient (Wildman–Crippen LogP) is 5.70. The molecule has 1 fully saturated rings. The molecule has 5 rings (SSSR count). The minimum atomic E-state index is -1.20. The summed E-state index contributed by atoms with van der Waals surface area (Å²) in [4.78, 5) is 46.8. The van der Waals surface area contributed by atoms with Gasteiger partial charge in [0, 0.05) is 41.7 Å². The van der Waals surface area contributed by atoms with Gasteiger partial charge in [-0.3, -0.25) is 15.5 Å². The lowest BCUT2D eigenvalue weighted by Gasteiger charge is -2.29. The quantitative estimate of drug-likeness (QED) is 0.340. The van der Waals surface area contributed by atoms with Crippen molar-refractivity contribution < 1.29 is 42.8 Å². The molecule has 0 saturated carbocycles. The number of hydrogen-bond donors (Lipinski definition) is 3. The number of aromatic nitrogens is 2. The van der Waals surface area contributed by atoms with Gasteiger partial charge in [-0.1, -0.05) is 0 Å². The molecule has 3 aromatic rings. The Balaban J connectivity index is 1.58. The Bertz CT molecular complexity index is 1590. The third-order valence-electron chi connectivity index (χ3n) is 6.88. The van der Waals surface area contributed by atoms with Crippen molar-refractivity contribution >= 4 is 46.2 Å². The number of carboxylic acid groups (broad SMARTS) is 1. The topological polar surface area (TPSA) is 161 Å². The number of amides is 3. The van der Waals surface area contributed by atoms with E-state index < -0.39 is 29.7 Å². The van der Waals surface area contributed by atoms with E-state index in [4.69, 9.17) is 18.9 Å². The van der Waals surface area contributed by atoms with Gasteiger partial charge in [0.15, 0.2) is 5.82 Å². The molecule has 4 heterocycles. The number of rotatable bonds is 4. The van der Waals surface area contributed by atoms with Gasteiger partial charge < -0.3 is 24.1 Å². The van der Waals surface area contributed by atoms with Crippen molar-refractivity contribution in [1.82, 2.24) is 9.97 Å². The molecule has 43 heavy (non-hydrogen) atoms. The standard InChI is InChI=1S/C29H32FN5O8/c1-15-19(13-32-25-24(15)35(28(38)39)7-10-41-25)18-11-16-12-21(33-26(36)42-17-5-8-40-9-6-17)31-14-20(16)23(22(18)30)34-27(37)43-29(2,3)4/h11-14,17H,5-10H2,1-4H3,(H,34,37)(H,38,39)(H,31,33,36). The minimum Gasteiger partial charge on any atom is -0.474 e. The molecule has 0 atom stereocenters. The molecule has 2 aliphatic heterocycles. The average molecular weight is 598 g/mol. The van der Waals surface area contributed by atoms with E-state index in [1.807, 2.05) is 0 Å². The predicted molar refractivity (Wildman–Crippen MR) is 154 cm³/mol. The zero-order valence-corrected chi connectivity index (χ0v) is 24.2. The molecule has 0 bridgehead atoms. The molecule has 1 aromatic carbocycles. The Labute approximate surface area is 246 Å². The van der Waals surface area contributed by atoms with E-state index in [-0.39, 0.29) is 58.8 Å². The fourth-order valence-corrected chi connectivity index (χ4v) is 4.94. The fraction of sp³-hybridized carbons (Fsp3) is 0.414. The number of hydrogen-bond acceptors (Lipinski definition) is 9. The number of nitrogens with one attached hydrogen (secondary N) is 2. The monoisotopic (exact) mass is 597 g/mol. The summed E-state index contributed by atoms with van der Waals surface area (Å²) < 4.78 is 38.0. The Morgan fingerprint density at radius 2 is 1.79 bits per heavy atom. The Morgan fingerprint density at radius 1 is 1.05 bits per heavy atom. The smallest absolute Gasteiger partial charge is 0.413 e. The second-order valence-electron chi connectivity index (χ2n) is 11.1. The van der Waals surface area contributed by atoms with E-state index in [1.54, 1.807) is 27.7 Å². The van der Waals surface area contributed by atoms with Crippen LogP contribution in [0.2, 0.25) is 0 Å². The van der Waals surface area contributed by atoms with Crippen LogP contribution in [-0.2, 0) is 14.2 Å². The molecule has 1 saturated heterocycles. The number of halogens is 1. The second-order valence-corrected chi connectivity index (χ2v) is 11.1. The van der Waals surface area contributed by atoms with Crippen molar-refractivity contribution in [3.05, 3.63) is 35.9 Å². The maximum atomic E-state index is 16.3. The van der Waals surface area contributed by atoms with Crippen LogP contribution in [0.25, 0.3) is 21.9 Å². The van der Waals surface area contributed by atoms with Crippen molar-refractivity contribution in [1.29, 1.82) is 0 Å². The molecule has 0 radical (unpaired) electrons. The number of fused-ring (bicyclic) bond motifs is 2. The number of carbonyl (C=O) groups excluding carboxylic acids is 2. The summed E-state index contributed by atoms with van der Waals surface area (Å²) in [6.45, 7) is 7.86. The summed E-state index contributed by atoms with van der Waals surface area (Å²) >= 11 is 0. The van der Waals surface area contributed by atoms with Crippen LogP contribution in [0.15, 0.2) is 24.5 Å². The number of anilines is 3. The highest BCUT2D eigenvalue weighted by atomic mass is 19.1. The van der Waals surface area contributed by atoms with Crippen LogP contribution in [-0.4, -0.2) is 71.4 Å². The molecule has 2 aliphatic rings. The summed E-state index contributed by atoms with van der Waals surface area (Å²) in [5, 5.41) is 15.5. The maximum Gasteiger partial charge on any atom is 0.413 e. The molecule has 14 heteroatoms. The van der Waals surface area contributed by atoms with Crippen molar-refractivity contribution in [2.24, 2.45) is 0 Å². The van der Waals surface area contributed by atoms with Gasteiger partial charge in [-0.05, 0) is 50.8 Å². The van der Waals surface area contributed by atoms with Crippen LogP contribution in [0.1, 0.15) is 39.2 Å². The summed E-state index contributed by atoms with van der Waals surface area (Å²) in [6.07, 6.45) is 0.790. The summed E-state index contributed by atoms with van der Waals surface area (Å²) in [5.74, 6) is -0.568. The van der Waals surface area contributed by atoms with Gasteiger partial charge in [0.2, 0.25) is 5.88 Å². The second kappa shape index (κ2) is 11.9. The van der Waals surface area contributed by atoms with Crippen LogP contribution in [0.4, 0.5) is 36.0 Å². The number of benzene rings is 1. The highest BCUT2D eigenvalue weighted by molar-refractivity contribution is 6.04. The molecule has 3 amide bonds. The molecule has 0 unspecified atom stereocenters. The van der Waals surface area contributed by atoms with Crippen molar-refractivity contribution in [2.45, 2.75) is 52.2 Å². The maximum absolute atomic E-state index is 16.3. The molecular weight excluding hydrogens is 565 g/mol. The van der Waals surface area contributed by atoms with Crippen LogP contribution in [0.3, 0.4) is 0 Å². The molecule has 2 aromatic heterocycles. The van der Waals surface area contributed by atoms with E-state index in [0.29, 0.717) is 37.0 Å². The van der Waals surface area contributed by atoms with Gasteiger partial charge in [0.25, 0.3) is 0 Å². The first-order valence-electron chi connectivity index (χ1n) is 13.7. The lowest BCUT2D eigenvalue weighted by molar-refractivity contribution is 0.00589. The number of nitrogens with zero attached hydrogens (tertiary/aromatic N) is 3. The molecule has 0 spiro atoms. The fourth-order valence-electron chi connectivity index (χ4n) is 4.94. The molecule has 228 valence electrons. The highest BCUT2D eigenvalue weighted by Gasteiger charge is 2.30. The van der Waals surface area contributed by atoms with Crippen molar-refractivity contribution in [2.75, 3.05) is 41.9 Å². The largest absolute Gasteiger partial charge is 0.474 e. The van der Waals surface area contributed by atoms with Gasteiger partial charge in [0.05, 0.1) is 25.4 Å². The van der Waals surface area contributed by atoms with E-state index in [9.17, 15) is 19.5 Å². The summed E-state index contributed by atoms with van der Waals surface area (Å²) in [6, 6.07) is 3.02. The highest BCUT2D eigenvalue weighted by Crippen LogP contribution is 2.42. The lowest BCUT2D eigenvalue weighted by Crippen LogP contribution is -2.37. The lowest BCUT2D eigenvalue weighted by atomic mass is 9.96. The van der Waals surface area contributed by atoms with E-state index in [2.05, 4.69) is 20.6 Å². The van der Waals surface area contributed by atoms with Gasteiger partial charge >= 0.3 is 18.3 Å². The van der Waals surface area contributed by atoms with Gasteiger partial charge in [0.1, 0.15) is 29.8 Å². The average Bonchev–Trinajstić information content (AvgIpc) is 2.94. The molecule has 13 nitrogen and oxygen atoms in total. The van der Waals surface area contributed by atoms with Crippen LogP contribution in [0, 0.1) is 12.7 Å². The van der Waals surface area contributed by atoms with Crippen LogP contribution in [0.5, 0.6) is 5.88 Å². The first-order valence-corrected chi connectivity index (χ1v) is 13.7. The van der Waals surface area contributed by atoms with E-state index in [1.165, 1.54) is 24.5 Å². The zero-order valence-electron chi connectivity index (χ0n) is 24.2. The van der Waals surface area contributed by atoms with Gasteiger partial charge in [-0.15, -0.1) is 0 Å². The number of ether oxygens (including phenoxy) is 4. The molecular formula is C29H32FN5O8. The normalized spacial score (nSPS) is 15.3. The van der Waals surface area contributed by atoms with Gasteiger partial charge in [-0.2, -0.15) is 0 Å².